The van der Waals surface area contributed by atoms with Gasteiger partial charge in [-0.15, -0.1) is 16.9 Å². The van der Waals surface area contributed by atoms with Crippen LogP contribution in [0, 0.1) is 22.9 Å². The van der Waals surface area contributed by atoms with Gasteiger partial charge >= 0.3 is 0 Å². The molecule has 4 N–H and O–H groups in total. The molecule has 4 aliphatic rings. The number of halogens is 5. The largest absolute Gasteiger partial charge is 0.394 e. The standard InChI is InChI=1S/C31H39F5N4O7S/c1-46-25-23(40-14-20(37-38-40)16-10-18(32)22(34)19(33)11-16)24(43)21(15-41)47-28(25)48-26(27(44)39-8-6-31(35,36)7-9-39)30(45)4-2-29(3-5-30)12-17(42)13-29/h10-11,14,17,21,23-26,28,41-43,45H,2-9,12-13,15H2,1H3/t17?,21-,23+,24+,25-,26?,28+,29?,30?/m1/s1. The van der Waals surface area contributed by atoms with Crippen LogP contribution < -0.4 is 0 Å². The zero-order valence-electron chi connectivity index (χ0n) is 26.2. The SMILES string of the molecule is CO[C@@H]1[C@@H](n2cc(-c3cc(F)c(F)c(F)c3)nn2)[C@@H](O)[C@@H](CO)O[C@H]1SC(C(=O)N1CCC(F)(F)CC1)C1(O)CCC2(CC1)CC(O)C2. The summed E-state index contributed by atoms with van der Waals surface area (Å²) >= 11 is 0.910. The van der Waals surface area contributed by atoms with E-state index in [-0.39, 0.29) is 42.6 Å². The molecule has 3 heterocycles. The molecule has 1 aromatic heterocycles. The van der Waals surface area contributed by atoms with Crippen LogP contribution in [0.2, 0.25) is 0 Å². The molecule has 11 nitrogen and oxygen atoms in total. The third-order valence-corrected chi connectivity index (χ3v) is 12.1. The number of hydrogen-bond donors (Lipinski definition) is 4. The highest BCUT2D eigenvalue weighted by Crippen LogP contribution is 2.56. The molecule has 266 valence electrons. The fourth-order valence-electron chi connectivity index (χ4n) is 7.57. The number of rotatable bonds is 8. The first-order valence-electron chi connectivity index (χ1n) is 15.9. The molecule has 1 aromatic carbocycles. The maximum Gasteiger partial charge on any atom is 0.251 e. The van der Waals surface area contributed by atoms with Gasteiger partial charge in [-0.1, -0.05) is 5.21 Å². The number of hydrogen-bond acceptors (Lipinski definition) is 10. The molecule has 6 atom stereocenters. The average Bonchev–Trinajstić information content (AvgIpc) is 3.52. The average molecular weight is 707 g/mol. The fraction of sp³-hybridized carbons (Fsp3) is 0.710. The number of aliphatic hydroxyl groups is 4. The Bertz CT molecular complexity index is 1450. The number of alkyl halides is 2. The molecule has 17 heteroatoms. The summed E-state index contributed by atoms with van der Waals surface area (Å²) in [6, 6.07) is 0.338. The predicted octanol–water partition coefficient (Wildman–Crippen LogP) is 2.80. The summed E-state index contributed by atoms with van der Waals surface area (Å²) in [7, 11) is 1.31. The van der Waals surface area contributed by atoms with Gasteiger partial charge in [0.2, 0.25) is 5.91 Å². The molecule has 6 rings (SSSR count). The Kier molecular flexibility index (Phi) is 9.87. The summed E-state index contributed by atoms with van der Waals surface area (Å²) in [6.45, 7) is -1.08. The molecule has 2 aliphatic carbocycles. The number of amides is 1. The highest BCUT2D eigenvalue weighted by Gasteiger charge is 2.56. The van der Waals surface area contributed by atoms with Crippen LogP contribution >= 0.6 is 11.8 Å². The van der Waals surface area contributed by atoms with Crippen LogP contribution in [0.25, 0.3) is 11.3 Å². The van der Waals surface area contributed by atoms with E-state index < -0.39 is 95.5 Å². The summed E-state index contributed by atoms with van der Waals surface area (Å²) in [5.74, 6) is -7.99. The molecule has 0 radical (unpaired) electrons. The van der Waals surface area contributed by atoms with Crippen molar-refractivity contribution in [3.63, 3.8) is 0 Å². The number of aliphatic hydroxyl groups excluding tert-OH is 3. The minimum absolute atomic E-state index is 0.0624. The van der Waals surface area contributed by atoms with Crippen LogP contribution in [-0.4, -0.2) is 120 Å². The number of aromatic nitrogens is 3. The van der Waals surface area contributed by atoms with Gasteiger partial charge < -0.3 is 34.8 Å². The van der Waals surface area contributed by atoms with Crippen LogP contribution in [0.1, 0.15) is 57.4 Å². The van der Waals surface area contributed by atoms with E-state index in [1.165, 1.54) is 18.2 Å². The van der Waals surface area contributed by atoms with Crippen molar-refractivity contribution in [3.05, 3.63) is 35.8 Å². The quantitative estimate of drug-likeness (QED) is 0.239. The van der Waals surface area contributed by atoms with Crippen LogP contribution in [-0.2, 0) is 14.3 Å². The Balaban J connectivity index is 1.30. The van der Waals surface area contributed by atoms with Crippen LogP contribution in [0.15, 0.2) is 18.3 Å². The number of methoxy groups -OCH3 is 1. The van der Waals surface area contributed by atoms with Crippen molar-refractivity contribution in [2.75, 3.05) is 26.8 Å². The van der Waals surface area contributed by atoms with Crippen LogP contribution in [0.3, 0.4) is 0 Å². The first kappa shape index (κ1) is 35.4. The van der Waals surface area contributed by atoms with Gasteiger partial charge in [-0.2, -0.15) is 0 Å². The van der Waals surface area contributed by atoms with Gasteiger partial charge in [-0.05, 0) is 56.1 Å². The van der Waals surface area contributed by atoms with Crippen molar-refractivity contribution in [1.29, 1.82) is 0 Å². The Morgan fingerprint density at radius 1 is 1.08 bits per heavy atom. The summed E-state index contributed by atoms with van der Waals surface area (Å²) in [5.41, 5.74) is -3.03. The monoisotopic (exact) mass is 706 g/mol. The minimum atomic E-state index is -2.91. The third-order valence-electron chi connectivity index (χ3n) is 10.5. The van der Waals surface area contributed by atoms with E-state index in [0.29, 0.717) is 25.7 Å². The highest BCUT2D eigenvalue weighted by molar-refractivity contribution is 8.01. The van der Waals surface area contributed by atoms with Crippen molar-refractivity contribution in [2.45, 2.75) is 104 Å². The molecule has 1 unspecified atom stereocenters. The fourth-order valence-corrected chi connectivity index (χ4v) is 9.23. The van der Waals surface area contributed by atoms with Gasteiger partial charge in [0, 0.05) is 38.6 Å². The Labute approximate surface area is 277 Å². The maximum atomic E-state index is 14.1. The molecule has 1 spiro atoms. The van der Waals surface area contributed by atoms with Crippen molar-refractivity contribution in [3.8, 4) is 11.3 Å². The number of nitrogens with zero attached hydrogens (tertiary/aromatic N) is 4. The highest BCUT2D eigenvalue weighted by atomic mass is 32.2. The lowest BCUT2D eigenvalue weighted by Gasteiger charge is -2.54. The van der Waals surface area contributed by atoms with Gasteiger partial charge in [0.05, 0.1) is 24.5 Å². The molecular weight excluding hydrogens is 667 g/mol. The zero-order valence-corrected chi connectivity index (χ0v) is 27.0. The Morgan fingerprint density at radius 2 is 1.71 bits per heavy atom. The topological polar surface area (TPSA) is 150 Å². The van der Waals surface area contributed by atoms with E-state index in [9.17, 15) is 47.2 Å². The van der Waals surface area contributed by atoms with Gasteiger partial charge in [-0.3, -0.25) is 4.79 Å². The van der Waals surface area contributed by atoms with Gasteiger partial charge in [0.1, 0.15) is 40.7 Å². The number of piperidine rings is 1. The first-order valence-corrected chi connectivity index (χ1v) is 16.9. The van der Waals surface area contributed by atoms with Crippen LogP contribution in [0.4, 0.5) is 22.0 Å². The second kappa shape index (κ2) is 13.4. The molecule has 2 saturated carbocycles. The van der Waals surface area contributed by atoms with Crippen molar-refractivity contribution in [1.82, 2.24) is 19.9 Å². The zero-order chi connectivity index (χ0) is 34.6. The van der Waals surface area contributed by atoms with Gasteiger partial charge in [-0.25, -0.2) is 26.6 Å². The predicted molar refractivity (Wildman–Crippen MR) is 160 cm³/mol. The second-order valence-electron chi connectivity index (χ2n) is 13.6. The molecule has 1 amide bonds. The van der Waals surface area contributed by atoms with E-state index in [1.54, 1.807) is 0 Å². The van der Waals surface area contributed by atoms with Crippen LogP contribution in [0.5, 0.6) is 0 Å². The van der Waals surface area contributed by atoms with Crippen molar-refractivity contribution in [2.24, 2.45) is 5.41 Å². The van der Waals surface area contributed by atoms with E-state index in [0.717, 1.165) is 28.6 Å². The Hall–Kier alpha value is -2.41. The first-order chi connectivity index (χ1) is 22.7. The molecular formula is C31H39F5N4O7S. The number of benzene rings is 1. The Morgan fingerprint density at radius 3 is 2.27 bits per heavy atom. The number of carbonyl (C=O) groups excluding carboxylic acids is 1. The lowest BCUT2D eigenvalue weighted by molar-refractivity contribution is -0.186. The molecule has 2 aliphatic heterocycles. The van der Waals surface area contributed by atoms with E-state index in [2.05, 4.69) is 10.3 Å². The van der Waals surface area contributed by atoms with E-state index in [1.807, 2.05) is 0 Å². The van der Waals surface area contributed by atoms with Crippen molar-refractivity contribution >= 4 is 17.7 Å². The second-order valence-corrected chi connectivity index (χ2v) is 14.8. The number of likely N-dealkylation sites (tertiary alicyclic amines) is 1. The third kappa shape index (κ3) is 6.71. The maximum absolute atomic E-state index is 14.1. The number of ether oxygens (including phenoxy) is 2. The summed E-state index contributed by atoms with van der Waals surface area (Å²) in [6.07, 6.45) is -1.28. The molecule has 4 fully saturated rings. The summed E-state index contributed by atoms with van der Waals surface area (Å²) in [5, 5.41) is 50.2. The van der Waals surface area contributed by atoms with E-state index in [4.69, 9.17) is 9.47 Å². The smallest absolute Gasteiger partial charge is 0.251 e. The van der Waals surface area contributed by atoms with Crippen molar-refractivity contribution < 1.29 is 56.6 Å². The van der Waals surface area contributed by atoms with Gasteiger partial charge in [0.15, 0.2) is 17.5 Å². The molecule has 48 heavy (non-hydrogen) atoms. The molecule has 0 bridgehead atoms. The number of thioether (sulfide) groups is 1. The minimum Gasteiger partial charge on any atom is -0.394 e. The van der Waals surface area contributed by atoms with E-state index >= 15 is 0 Å². The lowest BCUT2D eigenvalue weighted by Crippen LogP contribution is -2.60. The lowest BCUT2D eigenvalue weighted by atomic mass is 9.56. The summed E-state index contributed by atoms with van der Waals surface area (Å²) < 4.78 is 82.6. The summed E-state index contributed by atoms with van der Waals surface area (Å²) in [4.78, 5) is 15.5. The number of carbonyl (C=O) groups is 1. The molecule has 2 saturated heterocycles. The van der Waals surface area contributed by atoms with Gasteiger partial charge in [0.25, 0.3) is 5.92 Å². The molecule has 2 aromatic rings. The normalized spacial score (nSPS) is 35.8.